The third-order valence-corrected chi connectivity index (χ3v) is 2.89. The lowest BCUT2D eigenvalue weighted by molar-refractivity contribution is 0.393. The Labute approximate surface area is 92.2 Å². The molecule has 0 atom stereocenters. The van der Waals surface area contributed by atoms with E-state index in [1.54, 1.807) is 12.1 Å². The number of halogens is 2. The minimum atomic E-state index is -3.68. The van der Waals surface area contributed by atoms with Gasteiger partial charge in [-0.1, -0.05) is 12.1 Å². The van der Waals surface area contributed by atoms with E-state index in [4.69, 9.17) is 15.4 Å². The molecule has 0 amide bonds. The van der Waals surface area contributed by atoms with Crippen LogP contribution in [0, 0.1) is 0 Å². The molecule has 0 aliphatic heterocycles. The maximum atomic E-state index is 12.7. The summed E-state index contributed by atoms with van der Waals surface area (Å²) in [7, 11) is 2.81. The molecule has 15 heavy (non-hydrogen) atoms. The van der Waals surface area contributed by atoms with Crippen molar-refractivity contribution in [2.24, 2.45) is 0 Å². The molecule has 1 aromatic carbocycles. The smallest absolute Gasteiger partial charge is 0.236 e. The van der Waals surface area contributed by atoms with E-state index in [2.05, 4.69) is 0 Å². The zero-order chi connectivity index (χ0) is 11.5. The van der Waals surface area contributed by atoms with Crippen LogP contribution in [0.15, 0.2) is 18.2 Å². The van der Waals surface area contributed by atoms with Crippen LogP contribution in [0.2, 0.25) is 0 Å². The van der Waals surface area contributed by atoms with Gasteiger partial charge < -0.3 is 4.74 Å². The number of methoxy groups -OCH3 is 1. The van der Waals surface area contributed by atoms with Gasteiger partial charge in [0.15, 0.2) is 0 Å². The lowest BCUT2D eigenvalue weighted by Gasteiger charge is -2.09. The standard InChI is InChI=1S/C9H10ClFO3S/c1-14-9-4-2-3-7(8(9)5-11)6-15(10,12)13/h2-4H,5-6H2,1H3. The fraction of sp³-hybridized carbons (Fsp3) is 0.333. The summed E-state index contributed by atoms with van der Waals surface area (Å²) in [6, 6.07) is 4.67. The van der Waals surface area contributed by atoms with Gasteiger partial charge in [-0.05, 0) is 11.6 Å². The second kappa shape index (κ2) is 4.81. The molecule has 3 nitrogen and oxygen atoms in total. The molecule has 6 heteroatoms. The minimum Gasteiger partial charge on any atom is -0.496 e. The van der Waals surface area contributed by atoms with Gasteiger partial charge in [-0.15, -0.1) is 0 Å². The van der Waals surface area contributed by atoms with Crippen LogP contribution in [-0.4, -0.2) is 15.5 Å². The first-order valence-corrected chi connectivity index (χ1v) is 6.59. The Morgan fingerprint density at radius 1 is 1.47 bits per heavy atom. The third kappa shape index (κ3) is 3.35. The summed E-state index contributed by atoms with van der Waals surface area (Å²) < 4.78 is 39.3. The van der Waals surface area contributed by atoms with E-state index in [-0.39, 0.29) is 5.56 Å². The largest absolute Gasteiger partial charge is 0.496 e. The van der Waals surface area contributed by atoms with E-state index in [1.165, 1.54) is 13.2 Å². The van der Waals surface area contributed by atoms with Gasteiger partial charge in [0.1, 0.15) is 12.4 Å². The van der Waals surface area contributed by atoms with Crippen LogP contribution >= 0.6 is 10.7 Å². The fourth-order valence-electron chi connectivity index (χ4n) is 1.27. The number of benzene rings is 1. The van der Waals surface area contributed by atoms with Crippen molar-refractivity contribution in [2.75, 3.05) is 7.11 Å². The molecule has 0 fully saturated rings. The van der Waals surface area contributed by atoms with E-state index in [9.17, 15) is 12.8 Å². The van der Waals surface area contributed by atoms with Gasteiger partial charge in [0.25, 0.3) is 0 Å². The zero-order valence-corrected chi connectivity index (χ0v) is 9.61. The van der Waals surface area contributed by atoms with Gasteiger partial charge in [0.2, 0.25) is 9.05 Å². The first-order valence-electron chi connectivity index (χ1n) is 4.11. The second-order valence-corrected chi connectivity index (χ2v) is 5.69. The quantitative estimate of drug-likeness (QED) is 0.772. The summed E-state index contributed by atoms with van der Waals surface area (Å²) in [4.78, 5) is 0. The van der Waals surface area contributed by atoms with E-state index in [0.717, 1.165) is 0 Å². The number of hydrogen-bond donors (Lipinski definition) is 0. The highest BCUT2D eigenvalue weighted by Crippen LogP contribution is 2.25. The molecular weight excluding hydrogens is 243 g/mol. The van der Waals surface area contributed by atoms with Crippen LogP contribution < -0.4 is 4.74 Å². The molecule has 0 saturated heterocycles. The van der Waals surface area contributed by atoms with E-state index >= 15 is 0 Å². The number of hydrogen-bond acceptors (Lipinski definition) is 3. The number of rotatable bonds is 4. The second-order valence-electron chi connectivity index (χ2n) is 2.91. The lowest BCUT2D eigenvalue weighted by Crippen LogP contribution is -2.01. The van der Waals surface area contributed by atoms with Crippen molar-refractivity contribution in [3.8, 4) is 5.75 Å². The molecule has 0 aliphatic carbocycles. The number of alkyl halides is 1. The molecule has 0 spiro atoms. The van der Waals surface area contributed by atoms with Crippen LogP contribution in [0.1, 0.15) is 11.1 Å². The van der Waals surface area contributed by atoms with Crippen molar-refractivity contribution in [2.45, 2.75) is 12.4 Å². The monoisotopic (exact) mass is 252 g/mol. The Bertz CT molecular complexity index is 445. The molecule has 0 saturated carbocycles. The minimum absolute atomic E-state index is 0.226. The van der Waals surface area contributed by atoms with E-state index in [1.807, 2.05) is 0 Å². The van der Waals surface area contributed by atoms with Gasteiger partial charge in [0.05, 0.1) is 12.9 Å². The summed E-state index contributed by atoms with van der Waals surface area (Å²) in [6.45, 7) is -0.786. The maximum Gasteiger partial charge on any atom is 0.236 e. The highest BCUT2D eigenvalue weighted by molar-refractivity contribution is 8.13. The third-order valence-electron chi connectivity index (χ3n) is 1.91. The molecule has 0 heterocycles. The Balaban J connectivity index is 3.18. The highest BCUT2D eigenvalue weighted by atomic mass is 35.7. The molecule has 0 radical (unpaired) electrons. The van der Waals surface area contributed by atoms with Crippen molar-refractivity contribution in [1.82, 2.24) is 0 Å². The molecule has 1 aromatic rings. The summed E-state index contributed by atoms with van der Waals surface area (Å²) in [5, 5.41) is 0. The zero-order valence-electron chi connectivity index (χ0n) is 8.04. The molecular formula is C9H10ClFO3S. The Morgan fingerprint density at radius 3 is 2.60 bits per heavy atom. The molecule has 0 aliphatic rings. The van der Waals surface area contributed by atoms with E-state index < -0.39 is 21.5 Å². The summed E-state index contributed by atoms with van der Waals surface area (Å²) in [5.74, 6) is -0.0688. The summed E-state index contributed by atoms with van der Waals surface area (Å²) in [6.07, 6.45) is 0. The van der Waals surface area contributed by atoms with Gasteiger partial charge >= 0.3 is 0 Å². The molecule has 84 valence electrons. The average Bonchev–Trinajstić information content (AvgIpc) is 2.15. The fourth-order valence-corrected chi connectivity index (χ4v) is 2.27. The van der Waals surface area contributed by atoms with Crippen LogP contribution in [0.4, 0.5) is 4.39 Å². The molecule has 0 N–H and O–H groups in total. The normalized spacial score (nSPS) is 11.4. The van der Waals surface area contributed by atoms with Crippen LogP contribution in [0.5, 0.6) is 5.75 Å². The van der Waals surface area contributed by atoms with Gasteiger partial charge in [0, 0.05) is 16.2 Å². The molecule has 0 bridgehead atoms. The molecule has 1 rings (SSSR count). The van der Waals surface area contributed by atoms with Crippen molar-refractivity contribution >= 4 is 19.7 Å². The van der Waals surface area contributed by atoms with Crippen LogP contribution in [-0.2, 0) is 21.5 Å². The first-order chi connectivity index (χ1) is 6.98. The summed E-state index contributed by atoms with van der Waals surface area (Å²) in [5.41, 5.74) is 0.552. The van der Waals surface area contributed by atoms with Crippen molar-refractivity contribution in [3.63, 3.8) is 0 Å². The maximum absolute atomic E-state index is 12.7. The van der Waals surface area contributed by atoms with Gasteiger partial charge in [-0.25, -0.2) is 12.8 Å². The van der Waals surface area contributed by atoms with Crippen LogP contribution in [0.3, 0.4) is 0 Å². The van der Waals surface area contributed by atoms with Gasteiger partial charge in [-0.3, -0.25) is 0 Å². The lowest BCUT2D eigenvalue weighted by atomic mass is 10.1. The highest BCUT2D eigenvalue weighted by Gasteiger charge is 2.14. The Morgan fingerprint density at radius 2 is 2.13 bits per heavy atom. The van der Waals surface area contributed by atoms with Crippen molar-refractivity contribution in [3.05, 3.63) is 29.3 Å². The summed E-state index contributed by atoms with van der Waals surface area (Å²) >= 11 is 0. The Hall–Kier alpha value is -0.810. The van der Waals surface area contributed by atoms with Crippen LogP contribution in [0.25, 0.3) is 0 Å². The van der Waals surface area contributed by atoms with Gasteiger partial charge in [-0.2, -0.15) is 0 Å². The predicted octanol–water partition coefficient (Wildman–Crippen LogP) is 2.23. The molecule has 0 unspecified atom stereocenters. The topological polar surface area (TPSA) is 43.4 Å². The SMILES string of the molecule is COc1cccc(CS(=O)(=O)Cl)c1CF. The van der Waals surface area contributed by atoms with Crippen molar-refractivity contribution < 1.29 is 17.5 Å². The number of ether oxygens (including phenoxy) is 1. The average molecular weight is 253 g/mol. The first kappa shape index (κ1) is 12.3. The van der Waals surface area contributed by atoms with E-state index in [0.29, 0.717) is 11.3 Å². The van der Waals surface area contributed by atoms with Crippen molar-refractivity contribution in [1.29, 1.82) is 0 Å². The molecule has 0 aromatic heterocycles. The predicted molar refractivity (Wildman–Crippen MR) is 56.3 cm³/mol. The Kier molecular flexibility index (Phi) is 3.93.